The smallest absolute Gasteiger partial charge is 0.275 e. The van der Waals surface area contributed by atoms with Crippen LogP contribution >= 0.6 is 0 Å². The second-order valence-electron chi connectivity index (χ2n) is 3.62. The number of hydrogen-bond donors (Lipinski definition) is 3. The SMILES string of the molecule is Cc1ccc(C)c(-c2c(O)[nH][nH]c2=O)c1. The van der Waals surface area contributed by atoms with Crippen LogP contribution < -0.4 is 5.56 Å². The van der Waals surface area contributed by atoms with Crippen LogP contribution in [-0.2, 0) is 0 Å². The van der Waals surface area contributed by atoms with Crippen LogP contribution in [0.3, 0.4) is 0 Å². The lowest BCUT2D eigenvalue weighted by Gasteiger charge is -2.04. The zero-order valence-electron chi connectivity index (χ0n) is 8.59. The summed E-state index contributed by atoms with van der Waals surface area (Å²) in [5.74, 6) is -0.117. The predicted molar refractivity (Wildman–Crippen MR) is 58.0 cm³/mol. The van der Waals surface area contributed by atoms with Gasteiger partial charge >= 0.3 is 0 Å². The van der Waals surface area contributed by atoms with Crippen LogP contribution in [0, 0.1) is 13.8 Å². The summed E-state index contributed by atoms with van der Waals surface area (Å²) in [6, 6.07) is 5.78. The van der Waals surface area contributed by atoms with E-state index in [9.17, 15) is 9.90 Å². The van der Waals surface area contributed by atoms with Crippen molar-refractivity contribution in [2.75, 3.05) is 0 Å². The lowest BCUT2D eigenvalue weighted by atomic mass is 10.0. The number of aromatic nitrogens is 2. The number of aryl methyl sites for hydroxylation is 2. The van der Waals surface area contributed by atoms with Crippen molar-refractivity contribution < 1.29 is 5.11 Å². The number of hydrogen-bond acceptors (Lipinski definition) is 2. The monoisotopic (exact) mass is 204 g/mol. The van der Waals surface area contributed by atoms with Gasteiger partial charge in [-0.15, -0.1) is 0 Å². The van der Waals surface area contributed by atoms with Gasteiger partial charge in [-0.25, -0.2) is 0 Å². The first-order valence-corrected chi connectivity index (χ1v) is 4.67. The van der Waals surface area contributed by atoms with E-state index in [0.717, 1.165) is 16.7 Å². The van der Waals surface area contributed by atoms with Crippen LogP contribution in [-0.4, -0.2) is 15.3 Å². The maximum atomic E-state index is 11.5. The molecule has 2 rings (SSSR count). The highest BCUT2D eigenvalue weighted by Gasteiger charge is 2.13. The largest absolute Gasteiger partial charge is 0.493 e. The van der Waals surface area contributed by atoms with E-state index in [-0.39, 0.29) is 11.4 Å². The third-order valence-electron chi connectivity index (χ3n) is 2.42. The van der Waals surface area contributed by atoms with E-state index in [2.05, 4.69) is 10.2 Å². The Kier molecular flexibility index (Phi) is 2.11. The van der Waals surface area contributed by atoms with Gasteiger partial charge in [0.05, 0.1) is 0 Å². The molecule has 0 aliphatic heterocycles. The highest BCUT2D eigenvalue weighted by atomic mass is 16.3. The van der Waals surface area contributed by atoms with Gasteiger partial charge in [-0.3, -0.25) is 15.0 Å². The molecular weight excluding hydrogens is 192 g/mol. The van der Waals surface area contributed by atoms with E-state index >= 15 is 0 Å². The summed E-state index contributed by atoms with van der Waals surface area (Å²) in [5.41, 5.74) is 2.77. The van der Waals surface area contributed by atoms with Crippen molar-refractivity contribution in [3.8, 4) is 17.0 Å². The van der Waals surface area contributed by atoms with Crippen molar-refractivity contribution >= 4 is 0 Å². The Morgan fingerprint density at radius 3 is 2.53 bits per heavy atom. The number of rotatable bonds is 1. The minimum atomic E-state index is -0.304. The molecular formula is C11H12N2O2. The fourth-order valence-corrected chi connectivity index (χ4v) is 1.60. The lowest BCUT2D eigenvalue weighted by Crippen LogP contribution is -2.02. The zero-order chi connectivity index (χ0) is 11.0. The molecule has 1 heterocycles. The summed E-state index contributed by atoms with van der Waals surface area (Å²) in [5, 5.41) is 14.3. The van der Waals surface area contributed by atoms with Crippen molar-refractivity contribution in [2.24, 2.45) is 0 Å². The fraction of sp³-hybridized carbons (Fsp3) is 0.182. The molecule has 15 heavy (non-hydrogen) atoms. The average molecular weight is 204 g/mol. The van der Waals surface area contributed by atoms with E-state index in [1.165, 1.54) is 0 Å². The topological polar surface area (TPSA) is 68.9 Å². The Bertz CT molecular complexity index is 552. The molecule has 0 amide bonds. The standard InChI is InChI=1S/C11H12N2O2/c1-6-3-4-7(2)8(5-6)9-10(14)12-13-11(9)15/h3-5H,1-2H3,(H3,12,13,14,15). The van der Waals surface area contributed by atoms with Crippen molar-refractivity contribution in [3.63, 3.8) is 0 Å². The first-order valence-electron chi connectivity index (χ1n) is 4.67. The second-order valence-corrected chi connectivity index (χ2v) is 3.62. The van der Waals surface area contributed by atoms with Gasteiger partial charge in [0, 0.05) is 0 Å². The molecule has 1 aromatic carbocycles. The highest BCUT2D eigenvalue weighted by Crippen LogP contribution is 2.26. The Morgan fingerprint density at radius 1 is 1.20 bits per heavy atom. The Labute approximate surface area is 86.6 Å². The summed E-state index contributed by atoms with van der Waals surface area (Å²) in [7, 11) is 0. The average Bonchev–Trinajstić information content (AvgIpc) is 2.51. The Balaban J connectivity index is 2.74. The second kappa shape index (κ2) is 3.31. The van der Waals surface area contributed by atoms with Gasteiger partial charge < -0.3 is 5.11 Å². The van der Waals surface area contributed by atoms with Gasteiger partial charge in [-0.2, -0.15) is 0 Å². The van der Waals surface area contributed by atoms with Crippen molar-refractivity contribution in [1.29, 1.82) is 0 Å². The lowest BCUT2D eigenvalue weighted by molar-refractivity contribution is 0.454. The maximum Gasteiger partial charge on any atom is 0.275 e. The molecule has 0 spiro atoms. The summed E-state index contributed by atoms with van der Waals surface area (Å²) in [6.45, 7) is 3.85. The molecule has 0 saturated carbocycles. The number of H-pyrrole nitrogens is 2. The van der Waals surface area contributed by atoms with Crippen LogP contribution in [0.4, 0.5) is 0 Å². The molecule has 4 heteroatoms. The summed E-state index contributed by atoms with van der Waals surface area (Å²) in [4.78, 5) is 11.5. The molecule has 2 aromatic rings. The van der Waals surface area contributed by atoms with E-state index < -0.39 is 0 Å². The van der Waals surface area contributed by atoms with Crippen molar-refractivity contribution in [2.45, 2.75) is 13.8 Å². The van der Waals surface area contributed by atoms with E-state index in [4.69, 9.17) is 0 Å². The minimum Gasteiger partial charge on any atom is -0.493 e. The zero-order valence-corrected chi connectivity index (χ0v) is 8.59. The molecule has 0 fully saturated rings. The van der Waals surface area contributed by atoms with Crippen LogP contribution in [0.15, 0.2) is 23.0 Å². The molecule has 0 saturated heterocycles. The number of nitrogens with one attached hydrogen (secondary N) is 2. The molecule has 0 atom stereocenters. The van der Waals surface area contributed by atoms with Crippen LogP contribution in [0.2, 0.25) is 0 Å². The fourth-order valence-electron chi connectivity index (χ4n) is 1.60. The van der Waals surface area contributed by atoms with Gasteiger partial charge in [0.2, 0.25) is 5.88 Å². The number of aromatic amines is 2. The first-order chi connectivity index (χ1) is 7.09. The van der Waals surface area contributed by atoms with Crippen LogP contribution in [0.25, 0.3) is 11.1 Å². The molecule has 0 aliphatic rings. The predicted octanol–water partition coefficient (Wildman–Crippen LogP) is 1.69. The number of benzene rings is 1. The van der Waals surface area contributed by atoms with E-state index in [1.54, 1.807) is 0 Å². The minimum absolute atomic E-state index is 0.117. The molecule has 0 radical (unpaired) electrons. The third-order valence-corrected chi connectivity index (χ3v) is 2.42. The molecule has 4 nitrogen and oxygen atoms in total. The molecule has 1 aromatic heterocycles. The van der Waals surface area contributed by atoms with Crippen molar-refractivity contribution in [1.82, 2.24) is 10.2 Å². The Morgan fingerprint density at radius 2 is 1.93 bits per heavy atom. The van der Waals surface area contributed by atoms with Gasteiger partial charge in [0.1, 0.15) is 5.56 Å². The molecule has 78 valence electrons. The Hall–Kier alpha value is -1.97. The summed E-state index contributed by atoms with van der Waals surface area (Å²) < 4.78 is 0. The molecule has 0 bridgehead atoms. The van der Waals surface area contributed by atoms with E-state index in [1.807, 2.05) is 32.0 Å². The van der Waals surface area contributed by atoms with Crippen molar-refractivity contribution in [3.05, 3.63) is 39.7 Å². The van der Waals surface area contributed by atoms with Crippen LogP contribution in [0.5, 0.6) is 5.88 Å². The summed E-state index contributed by atoms with van der Waals surface area (Å²) in [6.07, 6.45) is 0. The quantitative estimate of drug-likeness (QED) is 0.661. The van der Waals surface area contributed by atoms with Crippen LogP contribution in [0.1, 0.15) is 11.1 Å². The third kappa shape index (κ3) is 1.54. The van der Waals surface area contributed by atoms with Gasteiger partial charge in [-0.1, -0.05) is 23.8 Å². The molecule has 3 N–H and O–H groups in total. The van der Waals surface area contributed by atoms with Gasteiger partial charge in [0.15, 0.2) is 0 Å². The van der Waals surface area contributed by atoms with Gasteiger partial charge in [-0.05, 0) is 25.0 Å². The first kappa shape index (κ1) is 9.58. The highest BCUT2D eigenvalue weighted by molar-refractivity contribution is 5.71. The molecule has 0 aliphatic carbocycles. The normalized spacial score (nSPS) is 10.5. The summed E-state index contributed by atoms with van der Waals surface area (Å²) >= 11 is 0. The maximum absolute atomic E-state index is 11.5. The van der Waals surface area contributed by atoms with E-state index in [0.29, 0.717) is 5.56 Å². The molecule has 0 unspecified atom stereocenters. The van der Waals surface area contributed by atoms with Gasteiger partial charge in [0.25, 0.3) is 5.56 Å². The number of aromatic hydroxyl groups is 1.